The molecule has 5 nitrogen and oxygen atoms in total. The third-order valence-corrected chi connectivity index (χ3v) is 4.63. The van der Waals surface area contributed by atoms with E-state index in [0.29, 0.717) is 21.5 Å². The number of ether oxygens (including phenoxy) is 1. The van der Waals surface area contributed by atoms with Crippen molar-refractivity contribution < 1.29 is 4.74 Å². The van der Waals surface area contributed by atoms with Crippen LogP contribution in [0.2, 0.25) is 10.0 Å². The number of nitrogens with one attached hydrogen (secondary N) is 1. The van der Waals surface area contributed by atoms with Crippen molar-refractivity contribution in [2.45, 2.75) is 32.1 Å². The number of halogens is 2. The van der Waals surface area contributed by atoms with E-state index in [0.717, 1.165) is 36.1 Å². The van der Waals surface area contributed by atoms with Crippen LogP contribution in [-0.4, -0.2) is 10.2 Å². The molecule has 1 aromatic carbocycles. The summed E-state index contributed by atoms with van der Waals surface area (Å²) in [6, 6.07) is 7.37. The highest BCUT2D eigenvalue weighted by atomic mass is 35.5. The van der Waals surface area contributed by atoms with Gasteiger partial charge in [0.25, 0.3) is 0 Å². The fourth-order valence-electron chi connectivity index (χ4n) is 2.90. The van der Waals surface area contributed by atoms with Crippen molar-refractivity contribution >= 4 is 23.2 Å². The SMILES string of the molecule is CCCCc1[nH]nc2c1[C@H](c1ccc(Cl)cc1Cl)C(C#N)=C(N)O2. The Balaban J connectivity index is 2.19. The number of aryl methyl sites for hydroxylation is 1. The van der Waals surface area contributed by atoms with E-state index in [2.05, 4.69) is 23.2 Å². The van der Waals surface area contributed by atoms with Crippen LogP contribution < -0.4 is 10.5 Å². The molecule has 7 heteroatoms. The van der Waals surface area contributed by atoms with Gasteiger partial charge in [-0.1, -0.05) is 42.6 Å². The number of H-pyrrole nitrogens is 1. The van der Waals surface area contributed by atoms with Crippen LogP contribution in [0.1, 0.15) is 42.5 Å². The number of allylic oxidation sites excluding steroid dienone is 1. The maximum Gasteiger partial charge on any atom is 0.244 e. The van der Waals surface area contributed by atoms with Gasteiger partial charge in [-0.05, 0) is 30.5 Å². The zero-order chi connectivity index (χ0) is 17.3. The number of nitriles is 1. The number of aromatic nitrogens is 2. The summed E-state index contributed by atoms with van der Waals surface area (Å²) in [6.45, 7) is 2.12. The molecular weight excluding hydrogens is 347 g/mol. The van der Waals surface area contributed by atoms with Crippen LogP contribution in [0.4, 0.5) is 0 Å². The van der Waals surface area contributed by atoms with Crippen molar-refractivity contribution in [3.05, 3.63) is 56.5 Å². The summed E-state index contributed by atoms with van der Waals surface area (Å²) in [4.78, 5) is 0. The molecule has 1 aliphatic heterocycles. The predicted octanol–water partition coefficient (Wildman–Crippen LogP) is 4.28. The number of benzene rings is 1. The van der Waals surface area contributed by atoms with Gasteiger partial charge in [0, 0.05) is 15.7 Å². The van der Waals surface area contributed by atoms with Crippen molar-refractivity contribution in [1.29, 1.82) is 5.26 Å². The molecule has 0 saturated heterocycles. The molecule has 0 bridgehead atoms. The lowest BCUT2D eigenvalue weighted by atomic mass is 9.83. The van der Waals surface area contributed by atoms with E-state index >= 15 is 0 Å². The Hall–Kier alpha value is -2.16. The maximum atomic E-state index is 9.60. The largest absolute Gasteiger partial charge is 0.420 e. The Labute approximate surface area is 150 Å². The molecule has 24 heavy (non-hydrogen) atoms. The molecule has 1 aliphatic rings. The average molecular weight is 363 g/mol. The minimum Gasteiger partial charge on any atom is -0.420 e. The van der Waals surface area contributed by atoms with Crippen molar-refractivity contribution in [2.75, 3.05) is 0 Å². The standard InChI is InChI=1S/C17H16Cl2N4O/c1-2-3-4-13-15-14(10-6-5-9(18)7-12(10)19)11(8-20)16(21)24-17(15)23-22-13/h5-7,14H,2-4,21H2,1H3,(H,22,23)/t14-/m1/s1. The van der Waals surface area contributed by atoms with Crippen LogP contribution in [0, 0.1) is 11.3 Å². The second-order valence-electron chi connectivity index (χ2n) is 5.62. The van der Waals surface area contributed by atoms with E-state index in [-0.39, 0.29) is 5.88 Å². The van der Waals surface area contributed by atoms with Crippen LogP contribution in [0.15, 0.2) is 29.7 Å². The summed E-state index contributed by atoms with van der Waals surface area (Å²) in [5.74, 6) is 0.0253. The molecule has 0 aliphatic carbocycles. The normalized spacial score (nSPS) is 16.5. The predicted molar refractivity (Wildman–Crippen MR) is 93.0 cm³/mol. The summed E-state index contributed by atoms with van der Waals surface area (Å²) in [7, 11) is 0. The Morgan fingerprint density at radius 3 is 2.88 bits per heavy atom. The van der Waals surface area contributed by atoms with Crippen LogP contribution in [0.3, 0.4) is 0 Å². The average Bonchev–Trinajstić information content (AvgIpc) is 2.94. The van der Waals surface area contributed by atoms with Gasteiger partial charge >= 0.3 is 0 Å². The zero-order valence-electron chi connectivity index (χ0n) is 13.1. The monoisotopic (exact) mass is 362 g/mol. The molecule has 0 fully saturated rings. The first kappa shape index (κ1) is 16.7. The summed E-state index contributed by atoms with van der Waals surface area (Å²) in [6.07, 6.45) is 2.85. The number of hydrogen-bond donors (Lipinski definition) is 2. The smallest absolute Gasteiger partial charge is 0.244 e. The van der Waals surface area contributed by atoms with Crippen LogP contribution >= 0.6 is 23.2 Å². The summed E-state index contributed by atoms with van der Waals surface area (Å²) in [5.41, 5.74) is 8.76. The maximum absolute atomic E-state index is 9.60. The van der Waals surface area contributed by atoms with Crippen LogP contribution in [0.25, 0.3) is 0 Å². The van der Waals surface area contributed by atoms with E-state index in [1.54, 1.807) is 12.1 Å². The van der Waals surface area contributed by atoms with Crippen molar-refractivity contribution in [3.8, 4) is 11.9 Å². The fourth-order valence-corrected chi connectivity index (χ4v) is 3.42. The third-order valence-electron chi connectivity index (χ3n) is 4.07. The summed E-state index contributed by atoms with van der Waals surface area (Å²) >= 11 is 12.4. The highest BCUT2D eigenvalue weighted by molar-refractivity contribution is 6.35. The molecule has 2 heterocycles. The van der Waals surface area contributed by atoms with Gasteiger partial charge in [-0.2, -0.15) is 5.26 Å². The van der Waals surface area contributed by atoms with Gasteiger partial charge < -0.3 is 10.5 Å². The molecule has 124 valence electrons. The summed E-state index contributed by atoms with van der Waals surface area (Å²) < 4.78 is 5.53. The lowest BCUT2D eigenvalue weighted by molar-refractivity contribution is 0.378. The minimum absolute atomic E-state index is 0.0505. The molecule has 3 N–H and O–H groups in total. The molecule has 3 rings (SSSR count). The quantitative estimate of drug-likeness (QED) is 0.849. The number of rotatable bonds is 4. The van der Waals surface area contributed by atoms with Gasteiger partial charge in [-0.3, -0.25) is 5.10 Å². The molecule has 0 saturated carbocycles. The zero-order valence-corrected chi connectivity index (χ0v) is 14.6. The first-order chi connectivity index (χ1) is 11.6. The highest BCUT2D eigenvalue weighted by Crippen LogP contribution is 2.45. The molecule has 0 unspecified atom stereocenters. The number of fused-ring (bicyclic) bond motifs is 1. The van der Waals surface area contributed by atoms with Crippen molar-refractivity contribution in [2.24, 2.45) is 5.73 Å². The Morgan fingerprint density at radius 1 is 1.42 bits per heavy atom. The molecule has 0 radical (unpaired) electrons. The molecule has 2 aromatic rings. The molecular formula is C17H16Cl2N4O. The van der Waals surface area contributed by atoms with Gasteiger partial charge in [-0.15, -0.1) is 5.10 Å². The van der Waals surface area contributed by atoms with Gasteiger partial charge in [0.05, 0.1) is 11.5 Å². The first-order valence-corrected chi connectivity index (χ1v) is 8.42. The third kappa shape index (κ3) is 2.83. The number of nitrogens with zero attached hydrogens (tertiary/aromatic N) is 2. The van der Waals surface area contributed by atoms with E-state index < -0.39 is 5.92 Å². The number of aromatic amines is 1. The van der Waals surface area contributed by atoms with Gasteiger partial charge in [-0.25, -0.2) is 0 Å². The van der Waals surface area contributed by atoms with E-state index in [1.165, 1.54) is 0 Å². The van der Waals surface area contributed by atoms with Crippen molar-refractivity contribution in [3.63, 3.8) is 0 Å². The van der Waals surface area contributed by atoms with E-state index in [4.69, 9.17) is 33.7 Å². The fraction of sp³-hybridized carbons (Fsp3) is 0.294. The minimum atomic E-state index is -0.422. The van der Waals surface area contributed by atoms with Crippen LogP contribution in [0.5, 0.6) is 5.88 Å². The summed E-state index contributed by atoms with van der Waals surface area (Å²) in [5, 5.41) is 17.8. The van der Waals surface area contributed by atoms with Gasteiger partial charge in [0.2, 0.25) is 11.8 Å². The second kappa shape index (κ2) is 6.76. The number of unbranched alkanes of at least 4 members (excludes halogenated alkanes) is 1. The lowest BCUT2D eigenvalue weighted by Gasteiger charge is -2.24. The van der Waals surface area contributed by atoms with Gasteiger partial charge in [0.1, 0.15) is 11.6 Å². The van der Waals surface area contributed by atoms with Crippen LogP contribution in [-0.2, 0) is 6.42 Å². The second-order valence-corrected chi connectivity index (χ2v) is 6.46. The molecule has 1 aromatic heterocycles. The Kier molecular flexibility index (Phi) is 4.70. The van der Waals surface area contributed by atoms with E-state index in [9.17, 15) is 5.26 Å². The molecule has 0 spiro atoms. The van der Waals surface area contributed by atoms with E-state index in [1.807, 2.05) is 6.07 Å². The number of hydrogen-bond acceptors (Lipinski definition) is 4. The van der Waals surface area contributed by atoms with Gasteiger partial charge in [0.15, 0.2) is 0 Å². The highest BCUT2D eigenvalue weighted by Gasteiger charge is 2.35. The molecule has 0 amide bonds. The topological polar surface area (TPSA) is 87.7 Å². The molecule has 1 atom stereocenters. The Morgan fingerprint density at radius 2 is 2.21 bits per heavy atom. The Bertz CT molecular complexity index is 851. The first-order valence-electron chi connectivity index (χ1n) is 7.66. The lowest BCUT2D eigenvalue weighted by Crippen LogP contribution is -2.21. The number of nitrogens with two attached hydrogens (primary N) is 1. The van der Waals surface area contributed by atoms with Crippen molar-refractivity contribution in [1.82, 2.24) is 10.2 Å².